The fraction of sp³-hybridized carbons (Fsp3) is 0.353. The van der Waals surface area contributed by atoms with Gasteiger partial charge in [0.05, 0.1) is 6.54 Å². The highest BCUT2D eigenvalue weighted by molar-refractivity contribution is 7.12. The standard InChI is InChI=1S/C17H21NOS/c1-5-18(15-8-6-12(2)7-9-15)11-17(19)16-10-13(3)20-14(16)4/h6-10H,5,11H2,1-4H3. The Bertz CT molecular complexity index is 598. The minimum Gasteiger partial charge on any atom is -0.364 e. The summed E-state index contributed by atoms with van der Waals surface area (Å²) in [4.78, 5) is 16.9. The minimum absolute atomic E-state index is 0.203. The lowest BCUT2D eigenvalue weighted by atomic mass is 10.1. The largest absolute Gasteiger partial charge is 0.364 e. The second-order valence-electron chi connectivity index (χ2n) is 5.10. The van der Waals surface area contributed by atoms with Crippen LogP contribution in [0.1, 0.15) is 32.6 Å². The predicted molar refractivity (Wildman–Crippen MR) is 87.2 cm³/mol. The molecule has 0 atom stereocenters. The van der Waals surface area contributed by atoms with Crippen molar-refractivity contribution in [3.05, 3.63) is 51.2 Å². The quantitative estimate of drug-likeness (QED) is 0.760. The van der Waals surface area contributed by atoms with Gasteiger partial charge in [0.2, 0.25) is 0 Å². The Morgan fingerprint density at radius 2 is 1.80 bits per heavy atom. The number of thiophene rings is 1. The predicted octanol–water partition coefficient (Wildman–Crippen LogP) is 4.38. The average molecular weight is 287 g/mol. The molecular weight excluding hydrogens is 266 g/mol. The van der Waals surface area contributed by atoms with Crippen LogP contribution >= 0.6 is 11.3 Å². The van der Waals surface area contributed by atoms with E-state index in [1.807, 2.05) is 19.9 Å². The van der Waals surface area contributed by atoms with Gasteiger partial charge in [-0.3, -0.25) is 4.79 Å². The maximum Gasteiger partial charge on any atom is 0.183 e. The van der Waals surface area contributed by atoms with Gasteiger partial charge in [0.1, 0.15) is 0 Å². The van der Waals surface area contributed by atoms with Gasteiger partial charge in [-0.05, 0) is 45.9 Å². The topological polar surface area (TPSA) is 20.3 Å². The molecular formula is C17H21NOS. The molecule has 0 saturated carbocycles. The van der Waals surface area contributed by atoms with Crippen molar-refractivity contribution in [1.29, 1.82) is 0 Å². The molecule has 3 heteroatoms. The van der Waals surface area contributed by atoms with Gasteiger partial charge >= 0.3 is 0 Å². The van der Waals surface area contributed by atoms with E-state index in [9.17, 15) is 4.79 Å². The molecule has 0 aliphatic heterocycles. The molecule has 0 aliphatic rings. The van der Waals surface area contributed by atoms with Gasteiger partial charge in [-0.15, -0.1) is 11.3 Å². The summed E-state index contributed by atoms with van der Waals surface area (Å²) >= 11 is 1.69. The van der Waals surface area contributed by atoms with E-state index in [1.54, 1.807) is 11.3 Å². The number of Topliss-reactive ketones (excluding diaryl/α,β-unsaturated/α-hetero) is 1. The SMILES string of the molecule is CCN(CC(=O)c1cc(C)sc1C)c1ccc(C)cc1. The number of likely N-dealkylation sites (N-methyl/N-ethyl adjacent to an activating group) is 1. The van der Waals surface area contributed by atoms with E-state index in [4.69, 9.17) is 0 Å². The zero-order chi connectivity index (χ0) is 14.7. The highest BCUT2D eigenvalue weighted by atomic mass is 32.1. The highest BCUT2D eigenvalue weighted by Gasteiger charge is 2.15. The number of carbonyl (C=O) groups excluding carboxylic acids is 1. The van der Waals surface area contributed by atoms with Crippen LogP contribution in [0.25, 0.3) is 0 Å². The van der Waals surface area contributed by atoms with E-state index in [-0.39, 0.29) is 5.78 Å². The Kier molecular flexibility index (Phi) is 4.61. The molecule has 0 spiro atoms. The van der Waals surface area contributed by atoms with E-state index in [0.717, 1.165) is 22.7 Å². The third-order valence-electron chi connectivity index (χ3n) is 3.46. The first-order valence-corrected chi connectivity index (χ1v) is 7.74. The van der Waals surface area contributed by atoms with Crippen molar-refractivity contribution in [2.75, 3.05) is 18.0 Å². The smallest absolute Gasteiger partial charge is 0.183 e. The number of ketones is 1. The molecule has 0 fully saturated rings. The van der Waals surface area contributed by atoms with Crippen LogP contribution < -0.4 is 4.90 Å². The van der Waals surface area contributed by atoms with Crippen LogP contribution in [-0.4, -0.2) is 18.9 Å². The van der Waals surface area contributed by atoms with Crippen molar-refractivity contribution in [2.45, 2.75) is 27.7 Å². The number of hydrogen-bond acceptors (Lipinski definition) is 3. The lowest BCUT2D eigenvalue weighted by Gasteiger charge is -2.22. The van der Waals surface area contributed by atoms with Crippen LogP contribution in [0.3, 0.4) is 0 Å². The van der Waals surface area contributed by atoms with Crippen molar-refractivity contribution in [3.63, 3.8) is 0 Å². The third kappa shape index (κ3) is 3.28. The van der Waals surface area contributed by atoms with Gasteiger partial charge in [0.15, 0.2) is 5.78 Å². The monoisotopic (exact) mass is 287 g/mol. The zero-order valence-corrected chi connectivity index (χ0v) is 13.4. The van der Waals surface area contributed by atoms with E-state index < -0.39 is 0 Å². The number of hydrogen-bond donors (Lipinski definition) is 0. The zero-order valence-electron chi connectivity index (χ0n) is 12.6. The number of nitrogens with zero attached hydrogens (tertiary/aromatic N) is 1. The fourth-order valence-electron chi connectivity index (χ4n) is 2.31. The second-order valence-corrected chi connectivity index (χ2v) is 6.56. The maximum atomic E-state index is 12.5. The molecule has 0 bridgehead atoms. The first-order valence-electron chi connectivity index (χ1n) is 6.93. The van der Waals surface area contributed by atoms with Crippen molar-refractivity contribution in [3.8, 4) is 0 Å². The van der Waals surface area contributed by atoms with Gasteiger partial charge in [-0.1, -0.05) is 17.7 Å². The van der Waals surface area contributed by atoms with E-state index >= 15 is 0 Å². The van der Waals surface area contributed by atoms with Crippen molar-refractivity contribution in [1.82, 2.24) is 0 Å². The number of rotatable bonds is 5. The molecule has 0 amide bonds. The molecule has 1 aromatic heterocycles. The molecule has 0 aliphatic carbocycles. The average Bonchev–Trinajstić information content (AvgIpc) is 2.76. The summed E-state index contributed by atoms with van der Waals surface area (Å²) in [6, 6.07) is 10.3. The van der Waals surface area contributed by atoms with Crippen LogP contribution in [0.15, 0.2) is 30.3 Å². The lowest BCUT2D eigenvalue weighted by molar-refractivity contribution is 0.0999. The summed E-state index contributed by atoms with van der Waals surface area (Å²) < 4.78 is 0. The molecule has 0 saturated heterocycles. The summed E-state index contributed by atoms with van der Waals surface area (Å²) in [6.45, 7) is 9.49. The van der Waals surface area contributed by atoms with Crippen LogP contribution in [0, 0.1) is 20.8 Å². The van der Waals surface area contributed by atoms with E-state index in [0.29, 0.717) is 6.54 Å². The van der Waals surface area contributed by atoms with E-state index in [2.05, 4.69) is 43.0 Å². The number of anilines is 1. The number of aryl methyl sites for hydroxylation is 3. The Morgan fingerprint density at radius 3 is 2.30 bits per heavy atom. The normalized spacial score (nSPS) is 10.6. The molecule has 2 nitrogen and oxygen atoms in total. The molecule has 0 N–H and O–H groups in total. The summed E-state index contributed by atoms with van der Waals surface area (Å²) in [6.07, 6.45) is 0. The van der Waals surface area contributed by atoms with Crippen molar-refractivity contribution < 1.29 is 4.79 Å². The second kappa shape index (κ2) is 6.23. The van der Waals surface area contributed by atoms with E-state index in [1.165, 1.54) is 10.4 Å². The summed E-state index contributed by atoms with van der Waals surface area (Å²) in [5.41, 5.74) is 3.22. The molecule has 20 heavy (non-hydrogen) atoms. The molecule has 106 valence electrons. The number of benzene rings is 1. The van der Waals surface area contributed by atoms with Gasteiger partial charge in [0.25, 0.3) is 0 Å². The molecule has 1 aromatic carbocycles. The van der Waals surface area contributed by atoms with Gasteiger partial charge in [0, 0.05) is 27.5 Å². The molecule has 0 radical (unpaired) electrons. The maximum absolute atomic E-state index is 12.5. The highest BCUT2D eigenvalue weighted by Crippen LogP contribution is 2.22. The third-order valence-corrected chi connectivity index (χ3v) is 4.42. The minimum atomic E-state index is 0.203. The Labute approximate surface area is 125 Å². The summed E-state index contributed by atoms with van der Waals surface area (Å²) in [7, 11) is 0. The van der Waals surface area contributed by atoms with Gasteiger partial charge in [-0.2, -0.15) is 0 Å². The molecule has 0 unspecified atom stereocenters. The molecule has 1 heterocycles. The number of carbonyl (C=O) groups is 1. The van der Waals surface area contributed by atoms with Crippen LogP contribution in [-0.2, 0) is 0 Å². The van der Waals surface area contributed by atoms with Gasteiger partial charge in [-0.25, -0.2) is 0 Å². The van der Waals surface area contributed by atoms with Crippen molar-refractivity contribution in [2.24, 2.45) is 0 Å². The fourth-order valence-corrected chi connectivity index (χ4v) is 3.25. The molecule has 2 aromatic rings. The lowest BCUT2D eigenvalue weighted by Crippen LogP contribution is -2.29. The first-order chi connectivity index (χ1) is 9.51. The van der Waals surface area contributed by atoms with Crippen LogP contribution in [0.5, 0.6) is 0 Å². The Morgan fingerprint density at radius 1 is 1.15 bits per heavy atom. The summed E-state index contributed by atoms with van der Waals surface area (Å²) in [5.74, 6) is 0.203. The Balaban J connectivity index is 2.16. The summed E-state index contributed by atoms with van der Waals surface area (Å²) in [5, 5.41) is 0. The van der Waals surface area contributed by atoms with Crippen LogP contribution in [0.4, 0.5) is 5.69 Å². The van der Waals surface area contributed by atoms with Gasteiger partial charge < -0.3 is 4.90 Å². The Hall–Kier alpha value is -1.61. The first kappa shape index (κ1) is 14.8. The molecule has 2 rings (SSSR count). The van der Waals surface area contributed by atoms with Crippen LogP contribution in [0.2, 0.25) is 0 Å². The van der Waals surface area contributed by atoms with Crippen molar-refractivity contribution >= 4 is 22.8 Å².